The lowest BCUT2D eigenvalue weighted by atomic mass is 9.98. The third-order valence-corrected chi connectivity index (χ3v) is 3.84. The lowest BCUT2D eigenvalue weighted by Gasteiger charge is -2.27. The van der Waals surface area contributed by atoms with Crippen molar-refractivity contribution >= 4 is 11.8 Å². The van der Waals surface area contributed by atoms with Crippen LogP contribution >= 0.6 is 11.8 Å². The lowest BCUT2D eigenvalue weighted by molar-refractivity contribution is 0.353. The number of hydrogen-bond acceptors (Lipinski definition) is 3. The van der Waals surface area contributed by atoms with Gasteiger partial charge in [0.15, 0.2) is 0 Å². The molecule has 2 heterocycles. The van der Waals surface area contributed by atoms with Gasteiger partial charge in [0.2, 0.25) is 0 Å². The summed E-state index contributed by atoms with van der Waals surface area (Å²) in [6, 6.07) is 0. The van der Waals surface area contributed by atoms with Crippen LogP contribution in [-0.4, -0.2) is 18.5 Å². The van der Waals surface area contributed by atoms with E-state index in [1.165, 1.54) is 30.8 Å². The van der Waals surface area contributed by atoms with Crippen molar-refractivity contribution in [3.05, 3.63) is 11.1 Å². The molecule has 0 aromatic rings. The van der Waals surface area contributed by atoms with E-state index in [0.717, 1.165) is 5.92 Å². The summed E-state index contributed by atoms with van der Waals surface area (Å²) in [5, 5.41) is 7.50. The van der Waals surface area contributed by atoms with Gasteiger partial charge in [-0.25, -0.2) is 0 Å². The van der Waals surface area contributed by atoms with Crippen LogP contribution in [0.2, 0.25) is 0 Å². The molecular formula is C9H16N2S. The first-order valence-electron chi connectivity index (χ1n) is 4.66. The predicted octanol–water partition coefficient (Wildman–Crippen LogP) is 1.51. The lowest BCUT2D eigenvalue weighted by Crippen LogP contribution is -2.36. The van der Waals surface area contributed by atoms with E-state index < -0.39 is 0 Å². The van der Waals surface area contributed by atoms with E-state index in [9.17, 15) is 0 Å². The molecule has 12 heavy (non-hydrogen) atoms. The van der Waals surface area contributed by atoms with Gasteiger partial charge in [-0.15, -0.1) is 11.8 Å². The molecule has 2 aliphatic heterocycles. The van der Waals surface area contributed by atoms with Crippen LogP contribution in [0.3, 0.4) is 0 Å². The highest BCUT2D eigenvalue weighted by molar-refractivity contribution is 8.03. The Balaban J connectivity index is 1.85. The second-order valence-electron chi connectivity index (χ2n) is 3.55. The second kappa shape index (κ2) is 3.71. The molecule has 2 N–H and O–H groups in total. The molecule has 0 aliphatic carbocycles. The molecule has 1 unspecified atom stereocenters. The van der Waals surface area contributed by atoms with Crippen LogP contribution in [0, 0.1) is 5.92 Å². The first-order chi connectivity index (χ1) is 5.86. The summed E-state index contributed by atoms with van der Waals surface area (Å²) in [4.78, 5) is 1.43. The van der Waals surface area contributed by atoms with Gasteiger partial charge in [0.05, 0.1) is 5.37 Å². The summed E-state index contributed by atoms with van der Waals surface area (Å²) < 4.78 is 0. The summed E-state index contributed by atoms with van der Waals surface area (Å²) in [6.07, 6.45) is 4.80. The van der Waals surface area contributed by atoms with E-state index in [2.05, 4.69) is 23.8 Å². The van der Waals surface area contributed by atoms with Crippen molar-refractivity contribution in [2.45, 2.75) is 25.1 Å². The standard InChI is InChI=1S/C9H16N2S/c1-7-6-11-9(12-7)8-2-4-10-5-3-8/h6,8-11H,2-5H2,1H3. The van der Waals surface area contributed by atoms with Crippen molar-refractivity contribution in [3.8, 4) is 0 Å². The van der Waals surface area contributed by atoms with E-state index >= 15 is 0 Å². The van der Waals surface area contributed by atoms with Crippen molar-refractivity contribution < 1.29 is 0 Å². The highest BCUT2D eigenvalue weighted by Gasteiger charge is 2.25. The molecule has 68 valence electrons. The Kier molecular flexibility index (Phi) is 2.61. The second-order valence-corrected chi connectivity index (χ2v) is 4.94. The molecule has 0 radical (unpaired) electrons. The monoisotopic (exact) mass is 184 g/mol. The Hall–Kier alpha value is -0.150. The van der Waals surface area contributed by atoms with Crippen LogP contribution in [0.15, 0.2) is 11.1 Å². The predicted molar refractivity (Wildman–Crippen MR) is 53.9 cm³/mol. The molecule has 3 heteroatoms. The highest BCUT2D eigenvalue weighted by atomic mass is 32.2. The normalized spacial score (nSPS) is 31.4. The zero-order valence-electron chi connectivity index (χ0n) is 7.47. The molecule has 0 bridgehead atoms. The van der Waals surface area contributed by atoms with Crippen molar-refractivity contribution in [2.24, 2.45) is 5.92 Å². The Morgan fingerprint density at radius 3 is 2.75 bits per heavy atom. The Morgan fingerprint density at radius 2 is 2.17 bits per heavy atom. The van der Waals surface area contributed by atoms with Gasteiger partial charge in [-0.3, -0.25) is 0 Å². The third-order valence-electron chi connectivity index (χ3n) is 2.58. The number of allylic oxidation sites excluding steroid dienone is 1. The van der Waals surface area contributed by atoms with E-state index in [1.54, 1.807) is 0 Å². The first-order valence-corrected chi connectivity index (χ1v) is 5.54. The summed E-state index contributed by atoms with van der Waals surface area (Å²) in [5.74, 6) is 0.866. The molecular weight excluding hydrogens is 168 g/mol. The molecule has 2 rings (SSSR count). The molecule has 0 amide bonds. The van der Waals surface area contributed by atoms with Crippen LogP contribution in [0.25, 0.3) is 0 Å². The van der Waals surface area contributed by atoms with Gasteiger partial charge in [-0.05, 0) is 43.7 Å². The topological polar surface area (TPSA) is 24.1 Å². The summed E-state index contributed by atoms with van der Waals surface area (Å²) >= 11 is 1.99. The number of nitrogens with one attached hydrogen (secondary N) is 2. The summed E-state index contributed by atoms with van der Waals surface area (Å²) in [6.45, 7) is 4.57. The minimum Gasteiger partial charge on any atom is -0.378 e. The Bertz CT molecular complexity index is 185. The fourth-order valence-corrected chi connectivity index (χ4v) is 2.98. The molecule has 1 fully saturated rings. The molecule has 2 nitrogen and oxygen atoms in total. The van der Waals surface area contributed by atoms with E-state index in [4.69, 9.17) is 0 Å². The Labute approximate surface area is 78.2 Å². The first kappa shape index (κ1) is 8.45. The van der Waals surface area contributed by atoms with Gasteiger partial charge in [0.1, 0.15) is 0 Å². The van der Waals surface area contributed by atoms with Gasteiger partial charge in [0, 0.05) is 6.20 Å². The van der Waals surface area contributed by atoms with Crippen molar-refractivity contribution in [2.75, 3.05) is 13.1 Å². The summed E-state index contributed by atoms with van der Waals surface area (Å²) in [7, 11) is 0. The molecule has 0 aromatic heterocycles. The third kappa shape index (κ3) is 1.77. The van der Waals surface area contributed by atoms with Crippen LogP contribution < -0.4 is 10.6 Å². The zero-order chi connectivity index (χ0) is 8.39. The van der Waals surface area contributed by atoms with E-state index in [1.807, 2.05) is 11.8 Å². The average Bonchev–Trinajstić information content (AvgIpc) is 2.54. The van der Waals surface area contributed by atoms with Crippen molar-refractivity contribution in [3.63, 3.8) is 0 Å². The minimum absolute atomic E-state index is 0.659. The van der Waals surface area contributed by atoms with Crippen LogP contribution in [-0.2, 0) is 0 Å². The molecule has 0 saturated carbocycles. The van der Waals surface area contributed by atoms with Gasteiger partial charge in [-0.1, -0.05) is 0 Å². The maximum atomic E-state index is 3.45. The largest absolute Gasteiger partial charge is 0.378 e. The number of piperidine rings is 1. The number of rotatable bonds is 1. The van der Waals surface area contributed by atoms with Crippen LogP contribution in [0.4, 0.5) is 0 Å². The highest BCUT2D eigenvalue weighted by Crippen LogP contribution is 2.33. The smallest absolute Gasteiger partial charge is 0.0790 e. The van der Waals surface area contributed by atoms with Crippen LogP contribution in [0.5, 0.6) is 0 Å². The fourth-order valence-electron chi connectivity index (χ4n) is 1.85. The average molecular weight is 184 g/mol. The number of hydrogen-bond donors (Lipinski definition) is 2. The van der Waals surface area contributed by atoms with Crippen molar-refractivity contribution in [1.82, 2.24) is 10.6 Å². The van der Waals surface area contributed by atoms with Gasteiger partial charge in [-0.2, -0.15) is 0 Å². The molecule has 1 atom stereocenters. The zero-order valence-corrected chi connectivity index (χ0v) is 8.29. The SMILES string of the molecule is CC1=CNC(C2CCNCC2)S1. The van der Waals surface area contributed by atoms with Gasteiger partial charge < -0.3 is 10.6 Å². The quantitative estimate of drug-likeness (QED) is 0.646. The fraction of sp³-hybridized carbons (Fsp3) is 0.778. The maximum absolute atomic E-state index is 3.45. The summed E-state index contributed by atoms with van der Waals surface area (Å²) in [5.41, 5.74) is 0. The molecule has 1 saturated heterocycles. The van der Waals surface area contributed by atoms with Gasteiger partial charge >= 0.3 is 0 Å². The van der Waals surface area contributed by atoms with Crippen molar-refractivity contribution in [1.29, 1.82) is 0 Å². The molecule has 0 spiro atoms. The minimum atomic E-state index is 0.659. The maximum Gasteiger partial charge on any atom is 0.0790 e. The van der Waals surface area contributed by atoms with E-state index in [-0.39, 0.29) is 0 Å². The van der Waals surface area contributed by atoms with E-state index in [0.29, 0.717) is 5.37 Å². The van der Waals surface area contributed by atoms with Gasteiger partial charge in [0.25, 0.3) is 0 Å². The molecule has 0 aromatic carbocycles. The Morgan fingerprint density at radius 1 is 1.42 bits per heavy atom. The molecule has 2 aliphatic rings. The van der Waals surface area contributed by atoms with Crippen LogP contribution in [0.1, 0.15) is 19.8 Å². The number of thioether (sulfide) groups is 1.